The summed E-state index contributed by atoms with van der Waals surface area (Å²) in [6.45, 7) is 2.03. The number of amidine groups is 1. The number of anilines is 1. The van der Waals surface area contributed by atoms with Crippen molar-refractivity contribution in [3.05, 3.63) is 101 Å². The first kappa shape index (κ1) is 23.0. The van der Waals surface area contributed by atoms with Crippen LogP contribution in [0.15, 0.2) is 89.0 Å². The van der Waals surface area contributed by atoms with E-state index in [9.17, 15) is 14.0 Å². The van der Waals surface area contributed by atoms with Crippen LogP contribution in [0.25, 0.3) is 0 Å². The molecule has 2 heterocycles. The number of carbonyl (C=O) groups excluding carboxylic acids is 2. The van der Waals surface area contributed by atoms with E-state index in [4.69, 9.17) is 5.10 Å². The van der Waals surface area contributed by atoms with Crippen LogP contribution in [0, 0.1) is 12.7 Å². The summed E-state index contributed by atoms with van der Waals surface area (Å²) in [4.78, 5) is 29.5. The predicted molar refractivity (Wildman–Crippen MR) is 137 cm³/mol. The summed E-state index contributed by atoms with van der Waals surface area (Å²) in [7, 11) is 0. The maximum atomic E-state index is 13.5. The first-order valence-electron chi connectivity index (χ1n) is 11.3. The number of para-hydroxylation sites is 1. The van der Waals surface area contributed by atoms with Crippen LogP contribution in [0.5, 0.6) is 0 Å². The summed E-state index contributed by atoms with van der Waals surface area (Å²) >= 11 is 1.25. The maximum Gasteiger partial charge on any atom is 0.262 e. The molecule has 2 aliphatic rings. The fraction of sp³-hybridized carbons (Fsp3) is 0.185. The van der Waals surface area contributed by atoms with Crippen molar-refractivity contribution in [3.8, 4) is 0 Å². The van der Waals surface area contributed by atoms with E-state index < -0.39 is 5.25 Å². The molecule has 2 aliphatic heterocycles. The van der Waals surface area contributed by atoms with Gasteiger partial charge < -0.3 is 5.32 Å². The van der Waals surface area contributed by atoms with Gasteiger partial charge in [0.05, 0.1) is 11.8 Å². The average molecular weight is 487 g/mol. The standard InChI is InChI=1S/C27H23FN4O2S/c1-17-7-9-19(10-8-17)23-15-22(18-11-13-20(28)14-12-18)31-32(23)27-30-26(34)24(35-27)16-25(33)29-21-5-3-2-4-6-21/h2-14,23-24H,15-16H2,1H3,(H,29,33)/t23-,24-/m0/s1. The van der Waals surface area contributed by atoms with Gasteiger partial charge in [0.1, 0.15) is 11.1 Å². The second-order valence-electron chi connectivity index (χ2n) is 8.49. The van der Waals surface area contributed by atoms with Gasteiger partial charge in [0.15, 0.2) is 5.17 Å². The minimum absolute atomic E-state index is 0.0168. The van der Waals surface area contributed by atoms with E-state index in [1.807, 2.05) is 49.4 Å². The Bertz CT molecular complexity index is 1310. The van der Waals surface area contributed by atoms with Crippen molar-refractivity contribution in [2.75, 3.05) is 5.32 Å². The van der Waals surface area contributed by atoms with Crippen LogP contribution >= 0.6 is 11.8 Å². The van der Waals surface area contributed by atoms with Gasteiger partial charge >= 0.3 is 0 Å². The smallest absolute Gasteiger partial charge is 0.262 e. The highest BCUT2D eigenvalue weighted by atomic mass is 32.2. The molecule has 3 aromatic rings. The lowest BCUT2D eigenvalue weighted by atomic mass is 9.98. The lowest BCUT2D eigenvalue weighted by Crippen LogP contribution is -2.25. The minimum atomic E-state index is -0.613. The zero-order chi connectivity index (χ0) is 24.4. The summed E-state index contributed by atoms with van der Waals surface area (Å²) in [6.07, 6.45) is 0.602. The second kappa shape index (κ2) is 9.84. The van der Waals surface area contributed by atoms with Crippen molar-refractivity contribution < 1.29 is 14.0 Å². The van der Waals surface area contributed by atoms with Crippen LogP contribution in [0.2, 0.25) is 0 Å². The van der Waals surface area contributed by atoms with Crippen molar-refractivity contribution in [1.29, 1.82) is 0 Å². The molecule has 3 aromatic carbocycles. The number of hydrogen-bond donors (Lipinski definition) is 1. The molecule has 0 radical (unpaired) electrons. The van der Waals surface area contributed by atoms with Crippen molar-refractivity contribution in [1.82, 2.24) is 5.01 Å². The molecule has 0 fully saturated rings. The summed E-state index contributed by atoms with van der Waals surface area (Å²) in [6, 6.07) is 23.4. The van der Waals surface area contributed by atoms with Crippen LogP contribution in [0.4, 0.5) is 10.1 Å². The van der Waals surface area contributed by atoms with Gasteiger partial charge in [-0.3, -0.25) is 9.59 Å². The third-order valence-electron chi connectivity index (χ3n) is 5.90. The number of nitrogens with one attached hydrogen (secondary N) is 1. The normalized spacial score (nSPS) is 19.5. The van der Waals surface area contributed by atoms with Crippen LogP contribution in [0.3, 0.4) is 0 Å². The zero-order valence-electron chi connectivity index (χ0n) is 19.0. The Hall–Kier alpha value is -3.78. The fourth-order valence-corrected chi connectivity index (χ4v) is 5.12. The van der Waals surface area contributed by atoms with Gasteiger partial charge in [-0.1, -0.05) is 71.9 Å². The number of aryl methyl sites for hydroxylation is 1. The number of thioether (sulfide) groups is 1. The van der Waals surface area contributed by atoms with E-state index in [1.54, 1.807) is 29.3 Å². The van der Waals surface area contributed by atoms with E-state index in [1.165, 1.54) is 23.9 Å². The number of nitrogens with zero attached hydrogens (tertiary/aromatic N) is 3. The molecular formula is C27H23FN4O2S. The van der Waals surface area contributed by atoms with E-state index in [0.717, 1.165) is 22.4 Å². The summed E-state index contributed by atoms with van der Waals surface area (Å²) < 4.78 is 13.5. The Morgan fingerprint density at radius 2 is 1.77 bits per heavy atom. The number of halogens is 1. The molecule has 0 unspecified atom stereocenters. The molecule has 2 amide bonds. The predicted octanol–water partition coefficient (Wildman–Crippen LogP) is 5.31. The summed E-state index contributed by atoms with van der Waals surface area (Å²) in [5.74, 6) is -0.899. The third kappa shape index (κ3) is 5.17. The lowest BCUT2D eigenvalue weighted by Gasteiger charge is -2.23. The van der Waals surface area contributed by atoms with Crippen molar-refractivity contribution in [2.24, 2.45) is 10.1 Å². The largest absolute Gasteiger partial charge is 0.326 e. The molecule has 0 bridgehead atoms. The van der Waals surface area contributed by atoms with Crippen LogP contribution < -0.4 is 5.32 Å². The van der Waals surface area contributed by atoms with Gasteiger partial charge in [-0.2, -0.15) is 10.1 Å². The fourth-order valence-electron chi connectivity index (χ4n) is 4.06. The third-order valence-corrected chi connectivity index (χ3v) is 7.05. The minimum Gasteiger partial charge on any atom is -0.326 e. The summed E-state index contributed by atoms with van der Waals surface area (Å²) in [5, 5.41) is 9.23. The van der Waals surface area contributed by atoms with Crippen molar-refractivity contribution >= 4 is 40.1 Å². The molecule has 176 valence electrons. The molecule has 6 nitrogen and oxygen atoms in total. The Labute approximate surface area is 207 Å². The maximum absolute atomic E-state index is 13.5. The van der Waals surface area contributed by atoms with E-state index in [-0.39, 0.29) is 30.1 Å². The van der Waals surface area contributed by atoms with Crippen molar-refractivity contribution in [3.63, 3.8) is 0 Å². The molecule has 5 rings (SSSR count). The molecule has 0 aliphatic carbocycles. The highest BCUT2D eigenvalue weighted by Crippen LogP contribution is 2.38. The average Bonchev–Trinajstić information content (AvgIpc) is 3.45. The monoisotopic (exact) mass is 486 g/mol. The van der Waals surface area contributed by atoms with Crippen LogP contribution in [0.1, 0.15) is 35.6 Å². The number of rotatable bonds is 5. The van der Waals surface area contributed by atoms with Crippen LogP contribution in [-0.4, -0.2) is 33.0 Å². The highest BCUT2D eigenvalue weighted by Gasteiger charge is 2.39. The molecule has 0 aromatic heterocycles. The van der Waals surface area contributed by atoms with Gasteiger partial charge in [0.25, 0.3) is 5.91 Å². The number of benzene rings is 3. The van der Waals surface area contributed by atoms with Gasteiger partial charge in [-0.15, -0.1) is 0 Å². The number of amides is 2. The van der Waals surface area contributed by atoms with E-state index in [2.05, 4.69) is 10.3 Å². The summed E-state index contributed by atoms with van der Waals surface area (Å²) in [5.41, 5.74) is 4.47. The Balaban J connectivity index is 1.36. The molecule has 35 heavy (non-hydrogen) atoms. The molecule has 0 spiro atoms. The van der Waals surface area contributed by atoms with Gasteiger partial charge in [0, 0.05) is 18.5 Å². The topological polar surface area (TPSA) is 74.1 Å². The molecule has 0 saturated carbocycles. The first-order chi connectivity index (χ1) is 17.0. The zero-order valence-corrected chi connectivity index (χ0v) is 19.8. The highest BCUT2D eigenvalue weighted by molar-refractivity contribution is 8.15. The molecule has 0 saturated heterocycles. The van der Waals surface area contributed by atoms with Crippen molar-refractivity contribution in [2.45, 2.75) is 31.1 Å². The SMILES string of the molecule is Cc1ccc([C@@H]2CC(c3ccc(F)cc3)=NN2C2=NC(=O)[C@H](CC(=O)Nc3ccccc3)S2)cc1. The molecule has 1 N–H and O–H groups in total. The van der Waals surface area contributed by atoms with Crippen LogP contribution in [-0.2, 0) is 9.59 Å². The van der Waals surface area contributed by atoms with E-state index in [0.29, 0.717) is 17.3 Å². The number of carbonyl (C=O) groups is 2. The Morgan fingerprint density at radius 1 is 1.06 bits per heavy atom. The lowest BCUT2D eigenvalue weighted by molar-refractivity contribution is -0.121. The quantitative estimate of drug-likeness (QED) is 0.530. The number of hydrogen-bond acceptors (Lipinski definition) is 5. The van der Waals surface area contributed by atoms with Gasteiger partial charge in [0.2, 0.25) is 5.91 Å². The van der Waals surface area contributed by atoms with Gasteiger partial charge in [-0.25, -0.2) is 9.40 Å². The molecular weight excluding hydrogens is 463 g/mol. The van der Waals surface area contributed by atoms with E-state index >= 15 is 0 Å². The first-order valence-corrected chi connectivity index (χ1v) is 12.2. The number of aliphatic imine (C=N–C) groups is 1. The van der Waals surface area contributed by atoms with Gasteiger partial charge in [-0.05, 0) is 42.3 Å². The Kier molecular flexibility index (Phi) is 6.46. The Morgan fingerprint density at radius 3 is 2.49 bits per heavy atom. The second-order valence-corrected chi connectivity index (χ2v) is 9.66. The molecule has 2 atom stereocenters. The molecule has 8 heteroatoms. The number of hydrazone groups is 1.